The normalized spacial score (nSPS) is 17.6. The Morgan fingerprint density at radius 1 is 1.35 bits per heavy atom. The fraction of sp³-hybridized carbons (Fsp3) is 0.600. The molecule has 114 valence electrons. The third-order valence-corrected chi connectivity index (χ3v) is 4.08. The summed E-state index contributed by atoms with van der Waals surface area (Å²) in [6, 6.07) is 4.95. The van der Waals surface area contributed by atoms with Crippen molar-refractivity contribution in [2.45, 2.75) is 32.2 Å². The van der Waals surface area contributed by atoms with Gasteiger partial charge in [0.25, 0.3) is 0 Å². The average Bonchev–Trinajstić information content (AvgIpc) is 2.44. The number of hydrogen-bond acceptors (Lipinski definition) is 2. The van der Waals surface area contributed by atoms with E-state index in [1.165, 1.54) is 6.07 Å². The molecule has 2 rings (SSSR count). The zero-order valence-electron chi connectivity index (χ0n) is 11.9. The molecule has 1 fully saturated rings. The van der Waals surface area contributed by atoms with Crippen LogP contribution in [0.4, 0.5) is 4.39 Å². The zero-order chi connectivity index (χ0) is 13.7. The van der Waals surface area contributed by atoms with Gasteiger partial charge in [0.1, 0.15) is 5.82 Å². The molecule has 1 heterocycles. The Hall–Kier alpha value is -0.350. The molecule has 1 aromatic rings. The van der Waals surface area contributed by atoms with E-state index >= 15 is 0 Å². The number of nitrogens with one attached hydrogen (secondary N) is 1. The molecule has 1 aliphatic heterocycles. The van der Waals surface area contributed by atoms with E-state index in [-0.39, 0.29) is 24.3 Å². The second kappa shape index (κ2) is 8.83. The quantitative estimate of drug-likeness (QED) is 0.880. The van der Waals surface area contributed by atoms with Crippen LogP contribution in [0.25, 0.3) is 0 Å². The van der Waals surface area contributed by atoms with Gasteiger partial charge in [-0.05, 0) is 30.2 Å². The van der Waals surface area contributed by atoms with Gasteiger partial charge in [-0.2, -0.15) is 0 Å². The predicted octanol–water partition coefficient (Wildman–Crippen LogP) is 4.04. The molecule has 1 aliphatic rings. The van der Waals surface area contributed by atoms with E-state index in [0.29, 0.717) is 5.02 Å². The maximum absolute atomic E-state index is 13.5. The van der Waals surface area contributed by atoms with Gasteiger partial charge in [0, 0.05) is 37.2 Å². The Labute approximate surface area is 132 Å². The number of rotatable bonds is 5. The molecule has 0 saturated carbocycles. The SMILES string of the molecule is CCCC[C@H](c1cc(F)ccc1Cl)N1CCNCC1.Cl. The second-order valence-corrected chi connectivity index (χ2v) is 5.52. The number of halogens is 3. The van der Waals surface area contributed by atoms with Crippen LogP contribution in [0.15, 0.2) is 18.2 Å². The monoisotopic (exact) mass is 320 g/mol. The van der Waals surface area contributed by atoms with E-state index in [2.05, 4.69) is 17.1 Å². The molecule has 1 N–H and O–H groups in total. The molecule has 0 amide bonds. The molecular weight excluding hydrogens is 298 g/mol. The first-order chi connectivity index (χ1) is 9.22. The Kier molecular flexibility index (Phi) is 7.82. The lowest BCUT2D eigenvalue weighted by Crippen LogP contribution is -2.45. The van der Waals surface area contributed by atoms with Crippen LogP contribution in [0.1, 0.15) is 37.8 Å². The van der Waals surface area contributed by atoms with Crippen LogP contribution in [-0.4, -0.2) is 31.1 Å². The average molecular weight is 321 g/mol. The van der Waals surface area contributed by atoms with Crippen molar-refractivity contribution in [1.29, 1.82) is 0 Å². The summed E-state index contributed by atoms with van der Waals surface area (Å²) in [5.41, 5.74) is 0.942. The van der Waals surface area contributed by atoms with E-state index in [4.69, 9.17) is 11.6 Å². The molecule has 0 aliphatic carbocycles. The summed E-state index contributed by atoms with van der Waals surface area (Å²) in [5.74, 6) is -0.198. The number of piperazine rings is 1. The van der Waals surface area contributed by atoms with Crippen molar-refractivity contribution in [2.24, 2.45) is 0 Å². The first kappa shape index (κ1) is 17.7. The second-order valence-electron chi connectivity index (χ2n) is 5.11. The van der Waals surface area contributed by atoms with Gasteiger partial charge in [-0.25, -0.2) is 4.39 Å². The Bertz CT molecular complexity index is 409. The number of unbranched alkanes of at least 4 members (excludes halogenated alkanes) is 1. The Balaban J connectivity index is 0.00000200. The Morgan fingerprint density at radius 3 is 2.70 bits per heavy atom. The minimum Gasteiger partial charge on any atom is -0.314 e. The lowest BCUT2D eigenvalue weighted by Gasteiger charge is -2.35. The third kappa shape index (κ3) is 4.59. The van der Waals surface area contributed by atoms with E-state index < -0.39 is 0 Å². The largest absolute Gasteiger partial charge is 0.314 e. The first-order valence-corrected chi connectivity index (χ1v) is 7.50. The van der Waals surface area contributed by atoms with Crippen molar-refractivity contribution in [3.05, 3.63) is 34.6 Å². The molecular formula is C15H23Cl2FN2. The van der Waals surface area contributed by atoms with Crippen molar-refractivity contribution >= 4 is 24.0 Å². The molecule has 1 aromatic carbocycles. The minimum atomic E-state index is -0.198. The van der Waals surface area contributed by atoms with Gasteiger partial charge in [-0.3, -0.25) is 4.90 Å². The highest BCUT2D eigenvalue weighted by atomic mass is 35.5. The van der Waals surface area contributed by atoms with Crippen molar-refractivity contribution < 1.29 is 4.39 Å². The Morgan fingerprint density at radius 2 is 2.05 bits per heavy atom. The van der Waals surface area contributed by atoms with Crippen molar-refractivity contribution in [1.82, 2.24) is 10.2 Å². The maximum Gasteiger partial charge on any atom is 0.123 e. The fourth-order valence-corrected chi connectivity index (χ4v) is 2.94. The summed E-state index contributed by atoms with van der Waals surface area (Å²) >= 11 is 6.28. The highest BCUT2D eigenvalue weighted by Gasteiger charge is 2.23. The summed E-state index contributed by atoms with van der Waals surface area (Å²) in [6.45, 7) is 6.18. The summed E-state index contributed by atoms with van der Waals surface area (Å²) in [5, 5.41) is 4.04. The molecule has 1 saturated heterocycles. The summed E-state index contributed by atoms with van der Waals surface area (Å²) in [7, 11) is 0. The van der Waals surface area contributed by atoms with Crippen LogP contribution in [0.2, 0.25) is 5.02 Å². The van der Waals surface area contributed by atoms with Crippen LogP contribution in [0.5, 0.6) is 0 Å². The van der Waals surface area contributed by atoms with Gasteiger partial charge >= 0.3 is 0 Å². The van der Waals surface area contributed by atoms with Crippen molar-refractivity contribution in [2.75, 3.05) is 26.2 Å². The van der Waals surface area contributed by atoms with Gasteiger partial charge < -0.3 is 5.32 Å². The van der Waals surface area contributed by atoms with Gasteiger partial charge in [-0.1, -0.05) is 31.4 Å². The zero-order valence-corrected chi connectivity index (χ0v) is 13.4. The van der Waals surface area contributed by atoms with Crippen LogP contribution in [0, 0.1) is 5.82 Å². The standard InChI is InChI=1S/C15H22ClFN2.ClH/c1-2-3-4-15(19-9-7-18-8-10-19)13-11-12(17)5-6-14(13)16;/h5-6,11,15,18H,2-4,7-10H2,1H3;1H/t15-;/m1./s1. The lowest BCUT2D eigenvalue weighted by molar-refractivity contribution is 0.163. The maximum atomic E-state index is 13.5. The number of nitrogens with zero attached hydrogens (tertiary/aromatic N) is 1. The van der Waals surface area contributed by atoms with E-state index in [0.717, 1.165) is 51.0 Å². The van der Waals surface area contributed by atoms with Crippen molar-refractivity contribution in [3.63, 3.8) is 0 Å². The molecule has 0 unspecified atom stereocenters. The van der Waals surface area contributed by atoms with Crippen molar-refractivity contribution in [3.8, 4) is 0 Å². The molecule has 20 heavy (non-hydrogen) atoms. The summed E-state index contributed by atoms with van der Waals surface area (Å²) in [6.07, 6.45) is 3.33. The molecule has 5 heteroatoms. The fourth-order valence-electron chi connectivity index (χ4n) is 2.70. The summed E-state index contributed by atoms with van der Waals surface area (Å²) in [4.78, 5) is 2.42. The topological polar surface area (TPSA) is 15.3 Å². The molecule has 0 aromatic heterocycles. The van der Waals surface area contributed by atoms with Crippen LogP contribution in [-0.2, 0) is 0 Å². The molecule has 0 radical (unpaired) electrons. The van der Waals surface area contributed by atoms with Gasteiger partial charge in [0.15, 0.2) is 0 Å². The van der Waals surface area contributed by atoms with E-state index in [9.17, 15) is 4.39 Å². The summed E-state index contributed by atoms with van der Waals surface area (Å²) < 4.78 is 13.5. The predicted molar refractivity (Wildman–Crippen MR) is 85.4 cm³/mol. The van der Waals surface area contributed by atoms with Gasteiger partial charge in [0.2, 0.25) is 0 Å². The lowest BCUT2D eigenvalue weighted by atomic mass is 9.98. The van der Waals surface area contributed by atoms with E-state index in [1.807, 2.05) is 0 Å². The molecule has 0 spiro atoms. The van der Waals surface area contributed by atoms with Crippen LogP contribution < -0.4 is 5.32 Å². The molecule has 1 atom stereocenters. The molecule has 0 bridgehead atoms. The van der Waals surface area contributed by atoms with Gasteiger partial charge in [0.05, 0.1) is 0 Å². The van der Waals surface area contributed by atoms with Crippen LogP contribution in [0.3, 0.4) is 0 Å². The smallest absolute Gasteiger partial charge is 0.123 e. The number of hydrogen-bond donors (Lipinski definition) is 1. The first-order valence-electron chi connectivity index (χ1n) is 7.12. The van der Waals surface area contributed by atoms with Gasteiger partial charge in [-0.15, -0.1) is 12.4 Å². The highest BCUT2D eigenvalue weighted by Crippen LogP contribution is 2.32. The molecule has 2 nitrogen and oxygen atoms in total. The number of benzene rings is 1. The third-order valence-electron chi connectivity index (χ3n) is 3.74. The van der Waals surface area contributed by atoms with Crippen LogP contribution >= 0.6 is 24.0 Å². The highest BCUT2D eigenvalue weighted by molar-refractivity contribution is 6.31. The van der Waals surface area contributed by atoms with E-state index in [1.54, 1.807) is 12.1 Å². The minimum absolute atomic E-state index is 0.